The molecule has 0 saturated carbocycles. The molecule has 1 aromatic carbocycles. The molecule has 1 aliphatic heterocycles. The fourth-order valence-corrected chi connectivity index (χ4v) is 2.44. The summed E-state index contributed by atoms with van der Waals surface area (Å²) in [7, 11) is 1.99. The zero-order valence-electron chi connectivity index (χ0n) is 10.3. The van der Waals surface area contributed by atoms with Gasteiger partial charge in [-0.3, -0.25) is 4.90 Å². The van der Waals surface area contributed by atoms with Crippen molar-refractivity contribution in [3.8, 4) is 11.5 Å². The van der Waals surface area contributed by atoms with E-state index in [1.54, 1.807) is 12.1 Å². The molecular formula is C13H20N2O2. The van der Waals surface area contributed by atoms with Crippen molar-refractivity contribution in [2.24, 2.45) is 0 Å². The molecule has 1 saturated heterocycles. The van der Waals surface area contributed by atoms with E-state index in [1.165, 1.54) is 6.07 Å². The van der Waals surface area contributed by atoms with E-state index in [0.717, 1.165) is 25.1 Å². The molecule has 1 aliphatic rings. The summed E-state index contributed by atoms with van der Waals surface area (Å²) in [5.41, 5.74) is 0.958. The third-order valence-electron chi connectivity index (χ3n) is 3.58. The van der Waals surface area contributed by atoms with Crippen molar-refractivity contribution in [2.75, 3.05) is 20.1 Å². The van der Waals surface area contributed by atoms with E-state index in [9.17, 15) is 10.2 Å². The highest BCUT2D eigenvalue weighted by Crippen LogP contribution is 2.30. The smallest absolute Gasteiger partial charge is 0.119 e. The van der Waals surface area contributed by atoms with Crippen LogP contribution >= 0.6 is 0 Å². The molecule has 0 bridgehead atoms. The first kappa shape index (κ1) is 12.2. The summed E-state index contributed by atoms with van der Waals surface area (Å²) in [6.45, 7) is 4.16. The van der Waals surface area contributed by atoms with Gasteiger partial charge >= 0.3 is 0 Å². The second-order valence-electron chi connectivity index (χ2n) is 4.73. The Labute approximate surface area is 102 Å². The number of rotatable bonds is 3. The standard InChI is InChI=1S/C13H20N2O2/c1-9(15-4-3-11(8-15)14-2)10-5-12(16)7-13(17)6-10/h5-7,9,11,14,16-17H,3-4,8H2,1-2H3. The van der Waals surface area contributed by atoms with E-state index < -0.39 is 0 Å². The van der Waals surface area contributed by atoms with Crippen molar-refractivity contribution in [1.29, 1.82) is 0 Å². The Morgan fingerprint density at radius 1 is 1.29 bits per heavy atom. The van der Waals surface area contributed by atoms with E-state index in [0.29, 0.717) is 6.04 Å². The maximum absolute atomic E-state index is 9.49. The largest absolute Gasteiger partial charge is 0.508 e. The number of likely N-dealkylation sites (N-methyl/N-ethyl adjacent to an activating group) is 1. The monoisotopic (exact) mass is 236 g/mol. The lowest BCUT2D eigenvalue weighted by Gasteiger charge is -2.25. The van der Waals surface area contributed by atoms with Gasteiger partial charge in [0.05, 0.1) is 0 Å². The molecule has 94 valence electrons. The summed E-state index contributed by atoms with van der Waals surface area (Å²) in [5, 5.41) is 22.3. The van der Waals surface area contributed by atoms with Crippen molar-refractivity contribution in [2.45, 2.75) is 25.4 Å². The minimum absolute atomic E-state index is 0.121. The zero-order valence-corrected chi connectivity index (χ0v) is 10.3. The predicted octanol–water partition coefficient (Wildman–Crippen LogP) is 1.45. The Hall–Kier alpha value is -1.26. The van der Waals surface area contributed by atoms with Crippen LogP contribution in [0.5, 0.6) is 11.5 Å². The van der Waals surface area contributed by atoms with E-state index in [1.807, 2.05) is 7.05 Å². The fraction of sp³-hybridized carbons (Fsp3) is 0.538. The quantitative estimate of drug-likeness (QED) is 0.743. The first-order valence-electron chi connectivity index (χ1n) is 6.04. The highest BCUT2D eigenvalue weighted by molar-refractivity contribution is 5.38. The van der Waals surface area contributed by atoms with Gasteiger partial charge in [0.1, 0.15) is 11.5 Å². The van der Waals surface area contributed by atoms with Crippen LogP contribution in [0.2, 0.25) is 0 Å². The van der Waals surface area contributed by atoms with Crippen LogP contribution in [0.4, 0.5) is 0 Å². The number of phenols is 2. The van der Waals surface area contributed by atoms with Gasteiger partial charge < -0.3 is 15.5 Å². The average Bonchev–Trinajstić information content (AvgIpc) is 2.75. The lowest BCUT2D eigenvalue weighted by atomic mass is 10.1. The second kappa shape index (κ2) is 4.94. The van der Waals surface area contributed by atoms with Crippen molar-refractivity contribution < 1.29 is 10.2 Å². The van der Waals surface area contributed by atoms with E-state index in [4.69, 9.17) is 0 Å². The summed E-state index contributed by atoms with van der Waals surface area (Å²) in [6, 6.07) is 5.56. The van der Waals surface area contributed by atoms with Crippen LogP contribution in [0, 0.1) is 0 Å². The van der Waals surface area contributed by atoms with Crippen molar-refractivity contribution in [1.82, 2.24) is 10.2 Å². The number of aromatic hydroxyl groups is 2. The summed E-state index contributed by atoms with van der Waals surface area (Å²) in [6.07, 6.45) is 1.14. The maximum Gasteiger partial charge on any atom is 0.119 e. The number of nitrogens with one attached hydrogen (secondary N) is 1. The average molecular weight is 236 g/mol. The molecule has 4 heteroatoms. The molecule has 2 rings (SSSR count). The normalized spacial score (nSPS) is 22.8. The van der Waals surface area contributed by atoms with Gasteiger partial charge in [0.25, 0.3) is 0 Å². The Balaban J connectivity index is 2.11. The van der Waals surface area contributed by atoms with Gasteiger partial charge in [-0.25, -0.2) is 0 Å². The molecule has 2 unspecified atom stereocenters. The van der Waals surface area contributed by atoms with Crippen molar-refractivity contribution in [3.05, 3.63) is 23.8 Å². The van der Waals surface area contributed by atoms with Crippen LogP contribution in [0.15, 0.2) is 18.2 Å². The Morgan fingerprint density at radius 3 is 2.47 bits per heavy atom. The number of hydrogen-bond acceptors (Lipinski definition) is 4. The number of likely N-dealkylation sites (tertiary alicyclic amines) is 1. The molecule has 0 amide bonds. The third-order valence-corrected chi connectivity index (χ3v) is 3.58. The lowest BCUT2D eigenvalue weighted by molar-refractivity contribution is 0.256. The molecule has 17 heavy (non-hydrogen) atoms. The summed E-state index contributed by atoms with van der Waals surface area (Å²) in [5.74, 6) is 0.243. The maximum atomic E-state index is 9.49. The third kappa shape index (κ3) is 2.70. The van der Waals surface area contributed by atoms with Gasteiger partial charge in [-0.15, -0.1) is 0 Å². The number of hydrogen-bond donors (Lipinski definition) is 3. The molecule has 3 N–H and O–H groups in total. The van der Waals surface area contributed by atoms with Crippen LogP contribution in [0.3, 0.4) is 0 Å². The Morgan fingerprint density at radius 2 is 1.94 bits per heavy atom. The minimum atomic E-state index is 0.121. The van der Waals surface area contributed by atoms with Gasteiger partial charge in [0.2, 0.25) is 0 Å². The second-order valence-corrected chi connectivity index (χ2v) is 4.73. The lowest BCUT2D eigenvalue weighted by Crippen LogP contribution is -2.31. The highest BCUT2D eigenvalue weighted by Gasteiger charge is 2.25. The molecule has 0 aromatic heterocycles. The molecule has 1 aromatic rings. The molecule has 0 radical (unpaired) electrons. The van der Waals surface area contributed by atoms with Crippen molar-refractivity contribution >= 4 is 0 Å². The Bertz CT molecular complexity index is 375. The zero-order chi connectivity index (χ0) is 12.4. The molecule has 1 heterocycles. The van der Waals surface area contributed by atoms with Gasteiger partial charge in [0.15, 0.2) is 0 Å². The van der Waals surface area contributed by atoms with Crippen LogP contribution in [0.1, 0.15) is 24.9 Å². The number of nitrogens with zero attached hydrogens (tertiary/aromatic N) is 1. The van der Waals surface area contributed by atoms with E-state index in [-0.39, 0.29) is 17.5 Å². The highest BCUT2D eigenvalue weighted by atomic mass is 16.3. The SMILES string of the molecule is CNC1CCN(C(C)c2cc(O)cc(O)c2)C1. The fourth-order valence-electron chi connectivity index (χ4n) is 2.44. The molecule has 2 atom stereocenters. The molecule has 4 nitrogen and oxygen atoms in total. The topological polar surface area (TPSA) is 55.7 Å². The van der Waals surface area contributed by atoms with E-state index in [2.05, 4.69) is 17.1 Å². The summed E-state index contributed by atoms with van der Waals surface area (Å²) >= 11 is 0. The first-order chi connectivity index (χ1) is 8.10. The first-order valence-corrected chi connectivity index (χ1v) is 6.04. The van der Waals surface area contributed by atoms with Crippen LogP contribution in [0.25, 0.3) is 0 Å². The summed E-state index contributed by atoms with van der Waals surface area (Å²) < 4.78 is 0. The van der Waals surface area contributed by atoms with Crippen LogP contribution in [-0.4, -0.2) is 41.3 Å². The van der Waals surface area contributed by atoms with Gasteiger partial charge in [-0.1, -0.05) is 0 Å². The summed E-state index contributed by atoms with van der Waals surface area (Å²) in [4.78, 5) is 2.36. The molecule has 1 fully saturated rings. The predicted molar refractivity (Wildman–Crippen MR) is 67.2 cm³/mol. The number of phenolic OH excluding ortho intramolecular Hbond substituents is 2. The molecule has 0 spiro atoms. The van der Waals surface area contributed by atoms with Crippen LogP contribution < -0.4 is 5.32 Å². The van der Waals surface area contributed by atoms with Gasteiger partial charge in [0, 0.05) is 31.2 Å². The minimum Gasteiger partial charge on any atom is -0.508 e. The Kier molecular flexibility index (Phi) is 3.54. The van der Waals surface area contributed by atoms with E-state index >= 15 is 0 Å². The molecular weight excluding hydrogens is 216 g/mol. The van der Waals surface area contributed by atoms with Gasteiger partial charge in [-0.2, -0.15) is 0 Å². The number of benzene rings is 1. The molecule has 0 aliphatic carbocycles. The van der Waals surface area contributed by atoms with Crippen molar-refractivity contribution in [3.63, 3.8) is 0 Å². The van der Waals surface area contributed by atoms with Crippen LogP contribution in [-0.2, 0) is 0 Å². The van der Waals surface area contributed by atoms with Gasteiger partial charge in [-0.05, 0) is 38.1 Å².